The van der Waals surface area contributed by atoms with Crippen molar-refractivity contribution in [3.63, 3.8) is 0 Å². The van der Waals surface area contributed by atoms with Crippen LogP contribution in [-0.4, -0.2) is 10.2 Å². The fraction of sp³-hybridized carbons (Fsp3) is 0. The van der Waals surface area contributed by atoms with Gasteiger partial charge in [-0.2, -0.15) is 0 Å². The molecule has 4 rings (SSSR count). The Balaban J connectivity index is 1.86. The van der Waals surface area contributed by atoms with E-state index in [1.165, 1.54) is 11.8 Å². The molecule has 0 unspecified atom stereocenters. The molecule has 4 heteroatoms. The Morgan fingerprint density at radius 1 is 0.750 bits per heavy atom. The molecule has 0 bridgehead atoms. The molecule has 24 heavy (non-hydrogen) atoms. The van der Waals surface area contributed by atoms with E-state index >= 15 is 0 Å². The van der Waals surface area contributed by atoms with Crippen molar-refractivity contribution in [3.8, 4) is 11.5 Å². The second kappa shape index (κ2) is 5.96. The van der Waals surface area contributed by atoms with Crippen LogP contribution in [0.1, 0.15) is 0 Å². The number of fused-ring (bicyclic) bond motifs is 2. The van der Waals surface area contributed by atoms with Gasteiger partial charge in [-0.3, -0.25) is 0 Å². The molecule has 0 spiro atoms. The lowest BCUT2D eigenvalue weighted by Gasteiger charge is -2.11. The second-order valence-electron chi connectivity index (χ2n) is 5.59. The van der Waals surface area contributed by atoms with Gasteiger partial charge in [-0.1, -0.05) is 48.2 Å². The van der Waals surface area contributed by atoms with E-state index in [4.69, 9.17) is 0 Å². The highest BCUT2D eigenvalue weighted by Crippen LogP contribution is 2.43. The number of phenols is 2. The van der Waals surface area contributed by atoms with Crippen molar-refractivity contribution in [2.75, 3.05) is 0 Å². The highest BCUT2D eigenvalue weighted by molar-refractivity contribution is 8.00. The van der Waals surface area contributed by atoms with E-state index in [1.807, 2.05) is 48.5 Å². The molecule has 0 aromatic heterocycles. The average Bonchev–Trinajstić information content (AvgIpc) is 2.58. The van der Waals surface area contributed by atoms with Gasteiger partial charge in [-0.25, -0.2) is 0 Å². The largest absolute Gasteiger partial charge is 0.508 e. The molecule has 0 heterocycles. The van der Waals surface area contributed by atoms with Gasteiger partial charge in [-0.15, -0.1) is 12.6 Å². The summed E-state index contributed by atoms with van der Waals surface area (Å²) in [5.74, 6) is 0.500. The zero-order chi connectivity index (χ0) is 16.7. The minimum atomic E-state index is 0.238. The van der Waals surface area contributed by atoms with Crippen molar-refractivity contribution in [1.82, 2.24) is 0 Å². The molecule has 0 saturated carbocycles. The number of aromatic hydroxyl groups is 2. The number of phenolic OH excluding ortho intramolecular Hbond substituents is 2. The predicted octanol–water partition coefficient (Wildman–Crippen LogP) is 5.84. The third-order valence-corrected chi connectivity index (χ3v) is 5.68. The van der Waals surface area contributed by atoms with Crippen molar-refractivity contribution in [1.29, 1.82) is 0 Å². The lowest BCUT2D eigenvalue weighted by atomic mass is 10.1. The van der Waals surface area contributed by atoms with Crippen LogP contribution in [0.5, 0.6) is 11.5 Å². The summed E-state index contributed by atoms with van der Waals surface area (Å²) >= 11 is 6.08. The zero-order valence-electron chi connectivity index (χ0n) is 12.6. The summed E-state index contributed by atoms with van der Waals surface area (Å²) in [4.78, 5) is 2.59. The number of thiol groups is 1. The van der Waals surface area contributed by atoms with Crippen LogP contribution in [0, 0.1) is 0 Å². The number of benzene rings is 4. The summed E-state index contributed by atoms with van der Waals surface area (Å²) < 4.78 is 0. The first kappa shape index (κ1) is 15.2. The SMILES string of the molecule is Oc1ccc2cc(Sc3c(O)ccc4ccccc34)c(S)cc2c1. The van der Waals surface area contributed by atoms with Crippen molar-refractivity contribution in [2.24, 2.45) is 0 Å². The molecule has 0 aliphatic rings. The first-order valence-corrected chi connectivity index (χ1v) is 8.72. The lowest BCUT2D eigenvalue weighted by molar-refractivity contribution is 0.464. The van der Waals surface area contributed by atoms with Crippen LogP contribution in [0.4, 0.5) is 0 Å². The van der Waals surface area contributed by atoms with E-state index in [9.17, 15) is 10.2 Å². The fourth-order valence-corrected chi connectivity index (χ4v) is 4.16. The third-order valence-electron chi connectivity index (χ3n) is 3.97. The normalized spacial score (nSPS) is 11.2. The second-order valence-corrected chi connectivity index (χ2v) is 7.12. The van der Waals surface area contributed by atoms with E-state index in [-0.39, 0.29) is 11.5 Å². The Bertz CT molecular complexity index is 1070. The highest BCUT2D eigenvalue weighted by Gasteiger charge is 2.11. The summed E-state index contributed by atoms with van der Waals surface area (Å²) in [5, 5.41) is 24.0. The van der Waals surface area contributed by atoms with Crippen LogP contribution in [0.3, 0.4) is 0 Å². The maximum atomic E-state index is 10.3. The highest BCUT2D eigenvalue weighted by atomic mass is 32.2. The Morgan fingerprint density at radius 3 is 2.42 bits per heavy atom. The molecule has 4 aromatic rings. The molecule has 118 valence electrons. The van der Waals surface area contributed by atoms with Crippen molar-refractivity contribution in [2.45, 2.75) is 14.7 Å². The summed E-state index contributed by atoms with van der Waals surface area (Å²) in [6.45, 7) is 0. The van der Waals surface area contributed by atoms with Crippen LogP contribution in [-0.2, 0) is 0 Å². The topological polar surface area (TPSA) is 40.5 Å². The van der Waals surface area contributed by atoms with Gasteiger partial charge in [0.05, 0.1) is 4.90 Å². The monoisotopic (exact) mass is 350 g/mol. The van der Waals surface area contributed by atoms with Crippen LogP contribution in [0.15, 0.2) is 81.4 Å². The minimum absolute atomic E-state index is 0.238. The molecule has 0 amide bonds. The van der Waals surface area contributed by atoms with Crippen molar-refractivity contribution < 1.29 is 10.2 Å². The maximum Gasteiger partial charge on any atom is 0.130 e. The summed E-state index contributed by atoms with van der Waals surface area (Å²) in [5.41, 5.74) is 0. The molecule has 2 N–H and O–H groups in total. The molecular formula is C20H14O2S2. The third kappa shape index (κ3) is 2.68. The average molecular weight is 350 g/mol. The van der Waals surface area contributed by atoms with Gasteiger partial charge in [-0.05, 0) is 51.9 Å². The molecule has 0 aliphatic carbocycles. The summed E-state index contributed by atoms with van der Waals surface area (Å²) in [6, 6.07) is 20.9. The number of hydrogen-bond acceptors (Lipinski definition) is 4. The van der Waals surface area contributed by atoms with E-state index < -0.39 is 0 Å². The fourth-order valence-electron chi connectivity index (χ4n) is 2.78. The Kier molecular flexibility index (Phi) is 3.79. The van der Waals surface area contributed by atoms with E-state index in [0.717, 1.165) is 36.2 Å². The van der Waals surface area contributed by atoms with Crippen molar-refractivity contribution in [3.05, 3.63) is 66.7 Å². The number of rotatable bonds is 2. The van der Waals surface area contributed by atoms with Crippen LogP contribution in [0.2, 0.25) is 0 Å². The molecule has 2 nitrogen and oxygen atoms in total. The molecule has 0 atom stereocenters. The molecule has 4 aromatic carbocycles. The summed E-state index contributed by atoms with van der Waals surface area (Å²) in [7, 11) is 0. The van der Waals surface area contributed by atoms with E-state index in [0.29, 0.717) is 0 Å². The van der Waals surface area contributed by atoms with Gasteiger partial charge in [0.1, 0.15) is 11.5 Å². The lowest BCUT2D eigenvalue weighted by Crippen LogP contribution is -1.83. The smallest absolute Gasteiger partial charge is 0.130 e. The van der Waals surface area contributed by atoms with Gasteiger partial charge in [0.15, 0.2) is 0 Å². The molecule has 0 saturated heterocycles. The van der Waals surface area contributed by atoms with Crippen LogP contribution in [0.25, 0.3) is 21.5 Å². The molecule has 0 aliphatic heterocycles. The van der Waals surface area contributed by atoms with Gasteiger partial charge in [0.25, 0.3) is 0 Å². The van der Waals surface area contributed by atoms with Gasteiger partial charge in [0, 0.05) is 9.79 Å². The first-order valence-electron chi connectivity index (χ1n) is 7.46. The molecular weight excluding hydrogens is 336 g/mol. The molecule has 0 fully saturated rings. The van der Waals surface area contributed by atoms with E-state index in [1.54, 1.807) is 18.2 Å². The van der Waals surface area contributed by atoms with E-state index in [2.05, 4.69) is 12.6 Å². The Labute approximate surface area is 149 Å². The summed E-state index contributed by atoms with van der Waals surface area (Å²) in [6.07, 6.45) is 0. The number of hydrogen-bond donors (Lipinski definition) is 3. The molecule has 0 radical (unpaired) electrons. The zero-order valence-corrected chi connectivity index (χ0v) is 14.3. The van der Waals surface area contributed by atoms with Gasteiger partial charge >= 0.3 is 0 Å². The van der Waals surface area contributed by atoms with Crippen LogP contribution >= 0.6 is 24.4 Å². The Morgan fingerprint density at radius 2 is 1.54 bits per heavy atom. The maximum absolute atomic E-state index is 10.3. The minimum Gasteiger partial charge on any atom is -0.508 e. The first-order chi connectivity index (χ1) is 11.6. The van der Waals surface area contributed by atoms with Gasteiger partial charge in [0.2, 0.25) is 0 Å². The Hall–Kier alpha value is -2.30. The quantitative estimate of drug-likeness (QED) is 0.398. The van der Waals surface area contributed by atoms with Crippen LogP contribution < -0.4 is 0 Å². The predicted molar refractivity (Wildman–Crippen MR) is 103 cm³/mol. The standard InChI is InChI=1S/C20H14O2S2/c21-15-7-5-13-11-19(18(23)10-14(13)9-15)24-20-16-4-2-1-3-12(16)6-8-17(20)22/h1-11,21-23H. The van der Waals surface area contributed by atoms with Crippen molar-refractivity contribution >= 4 is 45.9 Å². The van der Waals surface area contributed by atoms with Gasteiger partial charge < -0.3 is 10.2 Å².